The van der Waals surface area contributed by atoms with Gasteiger partial charge in [0.25, 0.3) is 0 Å². The van der Waals surface area contributed by atoms with E-state index in [1.54, 1.807) is 12.1 Å². The highest BCUT2D eigenvalue weighted by atomic mass is 16.8. The van der Waals surface area contributed by atoms with Gasteiger partial charge >= 0.3 is 29.8 Å². The smallest absolute Gasteiger partial charge is 0.338 e. The monoisotopic (exact) mass is 847 g/mol. The van der Waals surface area contributed by atoms with Crippen LogP contribution in [0.15, 0.2) is 24.3 Å². The van der Waals surface area contributed by atoms with Crippen LogP contribution in [0, 0.1) is 0 Å². The highest BCUT2D eigenvalue weighted by molar-refractivity contribution is 5.89. The molecule has 2 unspecified atom stereocenters. The Bertz CT molecular complexity index is 1250. The highest BCUT2D eigenvalue weighted by Gasteiger charge is 2.47. The van der Waals surface area contributed by atoms with Crippen LogP contribution in [0.2, 0.25) is 0 Å². The number of aliphatic carboxylic acids is 1. The molecule has 2 rings (SSSR count). The first-order valence-electron chi connectivity index (χ1n) is 23.6. The molecule has 60 heavy (non-hydrogen) atoms. The lowest BCUT2D eigenvalue weighted by Crippen LogP contribution is -2.39. The molecule has 1 N–H and O–H groups in total. The van der Waals surface area contributed by atoms with E-state index in [4.69, 9.17) is 33.5 Å². The van der Waals surface area contributed by atoms with Gasteiger partial charge in [0.2, 0.25) is 0 Å². The number of rotatable bonds is 38. The average Bonchev–Trinajstić information content (AvgIpc) is 3.70. The van der Waals surface area contributed by atoms with Crippen LogP contribution >= 0.6 is 0 Å². The maximum absolute atomic E-state index is 13.3. The Morgan fingerprint density at radius 1 is 0.467 bits per heavy atom. The number of esters is 4. The van der Waals surface area contributed by atoms with Crippen molar-refractivity contribution in [3.63, 3.8) is 0 Å². The molecule has 1 saturated heterocycles. The molecule has 0 spiro atoms. The first-order chi connectivity index (χ1) is 29.3. The third kappa shape index (κ3) is 25.3. The average molecular weight is 847 g/mol. The minimum atomic E-state index is -1.29. The third-order valence-corrected chi connectivity index (χ3v) is 10.7. The number of hydrogen-bond donors (Lipinski definition) is 1. The standard InChI is InChI=1S/C48H78O12/c1-3-5-7-9-11-13-15-17-19-21-23-25-35-57-46(53)43-44(47(54)58-36-26-24-22-20-18-16-14-12-10-8-6-4-2)60-48(59-43)40-33-31-39(32-34-40)45(52)56-38-28-37-55-42(51)30-27-29-41(49)50/h31-34,43-44,48H,3-30,35-38H2,1-2H3,(H,49,50). The van der Waals surface area contributed by atoms with Crippen molar-refractivity contribution in [2.45, 2.75) is 212 Å². The molecule has 12 nitrogen and oxygen atoms in total. The number of carbonyl (C=O) groups excluding carboxylic acids is 4. The normalized spacial score (nSPS) is 16.1. The van der Waals surface area contributed by atoms with Gasteiger partial charge in [-0.3, -0.25) is 9.59 Å². The van der Waals surface area contributed by atoms with Crippen molar-refractivity contribution >= 4 is 29.8 Å². The third-order valence-electron chi connectivity index (χ3n) is 10.7. The van der Waals surface area contributed by atoms with Crippen LogP contribution in [0.5, 0.6) is 0 Å². The van der Waals surface area contributed by atoms with Crippen molar-refractivity contribution in [1.82, 2.24) is 0 Å². The van der Waals surface area contributed by atoms with Crippen LogP contribution in [0.25, 0.3) is 0 Å². The second kappa shape index (κ2) is 35.1. The van der Waals surface area contributed by atoms with Crippen LogP contribution in [0.1, 0.15) is 216 Å². The second-order valence-electron chi connectivity index (χ2n) is 16.1. The molecule has 0 aliphatic carbocycles. The highest BCUT2D eigenvalue weighted by Crippen LogP contribution is 2.33. The Morgan fingerprint density at radius 3 is 1.27 bits per heavy atom. The molecule has 0 radical (unpaired) electrons. The van der Waals surface area contributed by atoms with Gasteiger partial charge in [0.1, 0.15) is 0 Å². The quantitative estimate of drug-likeness (QED) is 0.0381. The van der Waals surface area contributed by atoms with Crippen molar-refractivity contribution in [1.29, 1.82) is 0 Å². The molecule has 0 amide bonds. The molecule has 1 aliphatic rings. The van der Waals surface area contributed by atoms with Gasteiger partial charge in [-0.25, -0.2) is 14.4 Å². The van der Waals surface area contributed by atoms with Gasteiger partial charge in [-0.1, -0.05) is 167 Å². The Hall–Kier alpha value is -3.51. The van der Waals surface area contributed by atoms with Crippen LogP contribution < -0.4 is 0 Å². The molecule has 0 bridgehead atoms. The first kappa shape index (κ1) is 52.6. The number of hydrogen-bond acceptors (Lipinski definition) is 11. The van der Waals surface area contributed by atoms with Gasteiger partial charge < -0.3 is 33.5 Å². The summed E-state index contributed by atoms with van der Waals surface area (Å²) in [5.41, 5.74) is 0.760. The Kier molecular flexibility index (Phi) is 30.8. The molecular weight excluding hydrogens is 769 g/mol. The molecule has 1 aliphatic heterocycles. The summed E-state index contributed by atoms with van der Waals surface area (Å²) < 4.78 is 33.5. The number of unbranched alkanes of at least 4 members (excludes halogenated alkanes) is 22. The summed E-state index contributed by atoms with van der Waals surface area (Å²) >= 11 is 0. The summed E-state index contributed by atoms with van der Waals surface area (Å²) in [4.78, 5) is 61.4. The molecule has 0 aromatic heterocycles. The van der Waals surface area contributed by atoms with E-state index in [0.717, 1.165) is 38.5 Å². The molecule has 1 aromatic carbocycles. The first-order valence-corrected chi connectivity index (χ1v) is 23.6. The fraction of sp³-hybridized carbons (Fsp3) is 0.771. The number of carboxylic acids is 1. The van der Waals surface area contributed by atoms with E-state index in [-0.39, 0.29) is 57.7 Å². The lowest BCUT2D eigenvalue weighted by Gasteiger charge is -2.15. The van der Waals surface area contributed by atoms with Gasteiger partial charge in [0.15, 0.2) is 18.5 Å². The summed E-state index contributed by atoms with van der Waals surface area (Å²) in [6, 6.07) is 6.28. The summed E-state index contributed by atoms with van der Waals surface area (Å²) in [7, 11) is 0. The zero-order valence-corrected chi connectivity index (χ0v) is 37.1. The molecular formula is C48H78O12. The maximum Gasteiger partial charge on any atom is 0.338 e. The second-order valence-corrected chi connectivity index (χ2v) is 16.1. The van der Waals surface area contributed by atoms with Crippen LogP contribution in [-0.4, -0.2) is 73.6 Å². The SMILES string of the molecule is CCCCCCCCCCCCCCOC(=O)C1OC(c2ccc(C(=O)OCCCOC(=O)CCCC(=O)O)cc2)OC1C(=O)OCCCCCCCCCCCCCC. The lowest BCUT2D eigenvalue weighted by atomic mass is 10.1. The van der Waals surface area contributed by atoms with Gasteiger partial charge in [-0.15, -0.1) is 0 Å². The largest absolute Gasteiger partial charge is 0.481 e. The lowest BCUT2D eigenvalue weighted by molar-refractivity contribution is -0.163. The Balaban J connectivity index is 1.80. The summed E-state index contributed by atoms with van der Waals surface area (Å²) in [5, 5.41) is 8.67. The molecule has 1 fully saturated rings. The molecule has 342 valence electrons. The van der Waals surface area contributed by atoms with E-state index in [1.165, 1.54) is 128 Å². The summed E-state index contributed by atoms with van der Waals surface area (Å²) in [6.07, 6.45) is 25.4. The van der Waals surface area contributed by atoms with Crippen molar-refractivity contribution in [2.24, 2.45) is 0 Å². The molecule has 1 heterocycles. The van der Waals surface area contributed by atoms with E-state index in [1.807, 2.05) is 0 Å². The fourth-order valence-corrected chi connectivity index (χ4v) is 7.08. The van der Waals surface area contributed by atoms with E-state index in [9.17, 15) is 24.0 Å². The molecule has 12 heteroatoms. The van der Waals surface area contributed by atoms with E-state index in [0.29, 0.717) is 5.56 Å². The van der Waals surface area contributed by atoms with Crippen LogP contribution in [-0.2, 0) is 47.6 Å². The number of ether oxygens (including phenoxy) is 6. The number of carboxylic acid groups (broad SMARTS) is 1. The molecule has 2 atom stereocenters. The summed E-state index contributed by atoms with van der Waals surface area (Å²) in [6.45, 7) is 5.00. The van der Waals surface area contributed by atoms with Crippen molar-refractivity contribution in [2.75, 3.05) is 26.4 Å². The minimum absolute atomic E-state index is 0.00960. The number of benzene rings is 1. The Morgan fingerprint density at radius 2 is 0.850 bits per heavy atom. The van der Waals surface area contributed by atoms with Crippen molar-refractivity contribution in [3.05, 3.63) is 35.4 Å². The number of carbonyl (C=O) groups is 5. The van der Waals surface area contributed by atoms with Gasteiger partial charge in [-0.05, 0) is 31.4 Å². The zero-order chi connectivity index (χ0) is 43.5. The molecule has 1 aromatic rings. The maximum atomic E-state index is 13.3. The fourth-order valence-electron chi connectivity index (χ4n) is 7.08. The molecule has 0 saturated carbocycles. The predicted molar refractivity (Wildman–Crippen MR) is 230 cm³/mol. The Labute approximate surface area is 360 Å². The van der Waals surface area contributed by atoms with Crippen LogP contribution in [0.3, 0.4) is 0 Å². The van der Waals surface area contributed by atoms with E-state index < -0.39 is 48.3 Å². The zero-order valence-electron chi connectivity index (χ0n) is 37.1. The van der Waals surface area contributed by atoms with E-state index >= 15 is 0 Å². The minimum Gasteiger partial charge on any atom is -0.481 e. The predicted octanol–water partition coefficient (Wildman–Crippen LogP) is 11.3. The van der Waals surface area contributed by atoms with Crippen LogP contribution in [0.4, 0.5) is 0 Å². The summed E-state index contributed by atoms with van der Waals surface area (Å²) in [5.74, 6) is -3.39. The van der Waals surface area contributed by atoms with Crippen molar-refractivity contribution < 1.29 is 57.5 Å². The van der Waals surface area contributed by atoms with Gasteiger partial charge in [-0.2, -0.15) is 0 Å². The van der Waals surface area contributed by atoms with Gasteiger partial charge in [0.05, 0.1) is 32.0 Å². The van der Waals surface area contributed by atoms with Crippen molar-refractivity contribution in [3.8, 4) is 0 Å². The topological polar surface area (TPSA) is 161 Å². The van der Waals surface area contributed by atoms with E-state index in [2.05, 4.69) is 13.8 Å². The van der Waals surface area contributed by atoms with Gasteiger partial charge in [0, 0.05) is 24.8 Å².